The average molecular weight is 472 g/mol. The Kier molecular flexibility index (Phi) is 7.20. The summed E-state index contributed by atoms with van der Waals surface area (Å²) >= 11 is 0. The van der Waals surface area contributed by atoms with E-state index >= 15 is 0 Å². The van der Waals surface area contributed by atoms with Gasteiger partial charge in [-0.1, -0.05) is 55.5 Å². The molecule has 0 aromatic heterocycles. The number of likely N-dealkylation sites (tertiary alicyclic amines) is 1. The van der Waals surface area contributed by atoms with E-state index in [1.165, 1.54) is 4.90 Å². The standard InChI is InChI=1S/C29H29NO5/c1-4-19-9-11-22(12-10-19)27(31)25-26(21-13-15-23(34-3)16-14-21)30(29(33)28(25)32)18-20-7-6-8-24(17-20)35-5-2/h6-17,26,31H,4-5,18H2,1-3H3/b27-25-. The molecule has 1 unspecified atom stereocenters. The fraction of sp³-hybridized carbons (Fsp3) is 0.241. The number of Topliss-reactive ketones (excluding diaryl/α,β-unsaturated/α-hetero) is 1. The molecule has 0 saturated carbocycles. The third kappa shape index (κ3) is 4.92. The van der Waals surface area contributed by atoms with Gasteiger partial charge in [0, 0.05) is 12.1 Å². The molecular weight excluding hydrogens is 442 g/mol. The van der Waals surface area contributed by atoms with E-state index in [1.807, 2.05) is 62.4 Å². The molecule has 4 rings (SSSR count). The third-order valence-electron chi connectivity index (χ3n) is 6.17. The zero-order valence-electron chi connectivity index (χ0n) is 20.2. The maximum absolute atomic E-state index is 13.3. The van der Waals surface area contributed by atoms with Crippen molar-refractivity contribution in [2.75, 3.05) is 13.7 Å². The van der Waals surface area contributed by atoms with Gasteiger partial charge in [-0.3, -0.25) is 9.59 Å². The Morgan fingerprint density at radius 1 is 0.914 bits per heavy atom. The van der Waals surface area contributed by atoms with Crippen LogP contribution in [0.25, 0.3) is 5.76 Å². The molecule has 1 aliphatic rings. The summed E-state index contributed by atoms with van der Waals surface area (Å²) in [6.07, 6.45) is 0.859. The number of ether oxygens (including phenoxy) is 2. The van der Waals surface area contributed by atoms with Crippen LogP contribution in [0.3, 0.4) is 0 Å². The van der Waals surface area contributed by atoms with Crippen LogP contribution < -0.4 is 9.47 Å². The predicted molar refractivity (Wildman–Crippen MR) is 134 cm³/mol. The lowest BCUT2D eigenvalue weighted by atomic mass is 9.94. The van der Waals surface area contributed by atoms with Crippen LogP contribution >= 0.6 is 0 Å². The quantitative estimate of drug-likeness (QED) is 0.275. The Labute approximate surface area is 205 Å². The second-order valence-corrected chi connectivity index (χ2v) is 8.33. The van der Waals surface area contributed by atoms with Gasteiger partial charge in [0.1, 0.15) is 17.3 Å². The first-order valence-electron chi connectivity index (χ1n) is 11.7. The van der Waals surface area contributed by atoms with E-state index in [1.54, 1.807) is 31.4 Å². The molecule has 0 radical (unpaired) electrons. The first kappa shape index (κ1) is 24.1. The summed E-state index contributed by atoms with van der Waals surface area (Å²) < 4.78 is 10.9. The van der Waals surface area contributed by atoms with E-state index in [9.17, 15) is 14.7 Å². The minimum Gasteiger partial charge on any atom is -0.507 e. The Balaban J connectivity index is 1.81. The molecule has 35 heavy (non-hydrogen) atoms. The van der Waals surface area contributed by atoms with Gasteiger partial charge in [0.25, 0.3) is 11.7 Å². The second-order valence-electron chi connectivity index (χ2n) is 8.33. The molecule has 3 aromatic carbocycles. The maximum Gasteiger partial charge on any atom is 0.295 e. The number of aryl methyl sites for hydroxylation is 1. The first-order valence-corrected chi connectivity index (χ1v) is 11.7. The van der Waals surface area contributed by atoms with Gasteiger partial charge < -0.3 is 19.5 Å². The number of rotatable bonds is 8. The number of aliphatic hydroxyl groups excluding tert-OH is 1. The van der Waals surface area contributed by atoms with Crippen molar-refractivity contribution in [3.05, 3.63) is 101 Å². The Bertz CT molecular complexity index is 1240. The fourth-order valence-electron chi connectivity index (χ4n) is 4.33. The first-order chi connectivity index (χ1) is 17.0. The van der Waals surface area contributed by atoms with Gasteiger partial charge in [-0.15, -0.1) is 0 Å². The number of benzene rings is 3. The molecule has 1 aliphatic heterocycles. The van der Waals surface area contributed by atoms with Gasteiger partial charge >= 0.3 is 0 Å². The molecule has 0 spiro atoms. The molecule has 1 N–H and O–H groups in total. The van der Waals surface area contributed by atoms with Crippen LogP contribution in [-0.2, 0) is 22.6 Å². The Hall–Kier alpha value is -4.06. The summed E-state index contributed by atoms with van der Waals surface area (Å²) in [6, 6.07) is 21.3. The summed E-state index contributed by atoms with van der Waals surface area (Å²) in [4.78, 5) is 28.0. The topological polar surface area (TPSA) is 76.1 Å². The highest BCUT2D eigenvalue weighted by molar-refractivity contribution is 6.46. The van der Waals surface area contributed by atoms with E-state index < -0.39 is 17.7 Å². The number of ketones is 1. The van der Waals surface area contributed by atoms with E-state index in [0.717, 1.165) is 17.5 Å². The lowest BCUT2D eigenvalue weighted by Gasteiger charge is -2.26. The molecule has 180 valence electrons. The Morgan fingerprint density at radius 2 is 1.63 bits per heavy atom. The normalized spacial score (nSPS) is 17.0. The van der Waals surface area contributed by atoms with Crippen LogP contribution in [0.2, 0.25) is 0 Å². The number of carbonyl (C=O) groups is 2. The number of hydrogen-bond acceptors (Lipinski definition) is 5. The summed E-state index contributed by atoms with van der Waals surface area (Å²) in [5, 5.41) is 11.2. The van der Waals surface area contributed by atoms with Crippen molar-refractivity contribution in [2.45, 2.75) is 32.9 Å². The summed E-state index contributed by atoms with van der Waals surface area (Å²) in [5.41, 5.74) is 3.21. The van der Waals surface area contributed by atoms with Crippen LogP contribution in [0.4, 0.5) is 0 Å². The lowest BCUT2D eigenvalue weighted by molar-refractivity contribution is -0.140. The zero-order valence-corrected chi connectivity index (χ0v) is 20.2. The van der Waals surface area contributed by atoms with Gasteiger partial charge in [0.05, 0.1) is 25.3 Å². The second kappa shape index (κ2) is 10.5. The van der Waals surface area contributed by atoms with Gasteiger partial charge in [-0.05, 0) is 54.3 Å². The van der Waals surface area contributed by atoms with Crippen LogP contribution in [0, 0.1) is 0 Å². The van der Waals surface area contributed by atoms with Gasteiger partial charge in [-0.2, -0.15) is 0 Å². The SMILES string of the molecule is CCOc1cccc(CN2C(=O)C(=O)/C(=C(\O)c3ccc(CC)cc3)C2c2ccc(OC)cc2)c1. The molecule has 1 fully saturated rings. The highest BCUT2D eigenvalue weighted by atomic mass is 16.5. The molecular formula is C29H29NO5. The number of methoxy groups -OCH3 is 1. The number of nitrogens with zero attached hydrogens (tertiary/aromatic N) is 1. The number of hydrogen-bond donors (Lipinski definition) is 1. The van der Waals surface area contributed by atoms with E-state index in [4.69, 9.17) is 9.47 Å². The van der Waals surface area contributed by atoms with Crippen molar-refractivity contribution in [2.24, 2.45) is 0 Å². The fourth-order valence-corrected chi connectivity index (χ4v) is 4.33. The molecule has 0 bridgehead atoms. The molecule has 1 heterocycles. The summed E-state index contributed by atoms with van der Waals surface area (Å²) in [6.45, 7) is 4.66. The van der Waals surface area contributed by atoms with Crippen molar-refractivity contribution >= 4 is 17.4 Å². The van der Waals surface area contributed by atoms with E-state index in [-0.39, 0.29) is 17.9 Å². The van der Waals surface area contributed by atoms with Crippen molar-refractivity contribution in [1.29, 1.82) is 0 Å². The van der Waals surface area contributed by atoms with Crippen LogP contribution in [-0.4, -0.2) is 35.4 Å². The van der Waals surface area contributed by atoms with E-state index in [0.29, 0.717) is 29.2 Å². The maximum atomic E-state index is 13.3. The summed E-state index contributed by atoms with van der Waals surface area (Å²) in [5.74, 6) is -0.190. The van der Waals surface area contributed by atoms with Crippen LogP contribution in [0.15, 0.2) is 78.4 Å². The average Bonchev–Trinajstić information content (AvgIpc) is 3.13. The van der Waals surface area contributed by atoms with Crippen molar-refractivity contribution < 1.29 is 24.2 Å². The minimum absolute atomic E-state index is 0.0744. The molecule has 1 amide bonds. The molecule has 1 atom stereocenters. The third-order valence-corrected chi connectivity index (χ3v) is 6.17. The molecule has 1 saturated heterocycles. The van der Waals surface area contributed by atoms with Crippen molar-refractivity contribution in [3.63, 3.8) is 0 Å². The van der Waals surface area contributed by atoms with Gasteiger partial charge in [0.2, 0.25) is 0 Å². The van der Waals surface area contributed by atoms with Gasteiger partial charge in [0.15, 0.2) is 0 Å². The van der Waals surface area contributed by atoms with Gasteiger partial charge in [-0.25, -0.2) is 0 Å². The van der Waals surface area contributed by atoms with E-state index in [2.05, 4.69) is 0 Å². The number of amides is 1. The van der Waals surface area contributed by atoms with Crippen molar-refractivity contribution in [1.82, 2.24) is 4.90 Å². The molecule has 6 nitrogen and oxygen atoms in total. The largest absolute Gasteiger partial charge is 0.507 e. The highest BCUT2D eigenvalue weighted by Gasteiger charge is 2.46. The van der Waals surface area contributed by atoms with Crippen LogP contribution in [0.1, 0.15) is 42.1 Å². The summed E-state index contributed by atoms with van der Waals surface area (Å²) in [7, 11) is 1.58. The monoisotopic (exact) mass is 471 g/mol. The molecule has 6 heteroatoms. The molecule has 0 aliphatic carbocycles. The minimum atomic E-state index is -0.748. The Morgan fingerprint density at radius 3 is 2.26 bits per heavy atom. The molecule has 3 aromatic rings. The zero-order chi connectivity index (χ0) is 24.9. The lowest BCUT2D eigenvalue weighted by Crippen LogP contribution is -2.29. The predicted octanol–water partition coefficient (Wildman–Crippen LogP) is 5.28. The number of aliphatic hydroxyl groups is 1. The number of carbonyl (C=O) groups excluding carboxylic acids is 2. The van der Waals surface area contributed by atoms with Crippen LogP contribution in [0.5, 0.6) is 11.5 Å². The smallest absolute Gasteiger partial charge is 0.295 e. The highest BCUT2D eigenvalue weighted by Crippen LogP contribution is 2.40. The van der Waals surface area contributed by atoms with Crippen molar-refractivity contribution in [3.8, 4) is 11.5 Å².